The van der Waals surface area contributed by atoms with Crippen LogP contribution in [0.3, 0.4) is 0 Å². The molecule has 0 aromatic heterocycles. The van der Waals surface area contributed by atoms with Crippen molar-refractivity contribution in [2.75, 3.05) is 19.0 Å². The smallest absolute Gasteiger partial charge is 0.242 e. The van der Waals surface area contributed by atoms with Crippen molar-refractivity contribution in [3.05, 3.63) is 18.2 Å². The van der Waals surface area contributed by atoms with Crippen LogP contribution in [0.15, 0.2) is 18.2 Å². The van der Waals surface area contributed by atoms with Gasteiger partial charge < -0.3 is 20.1 Å². The summed E-state index contributed by atoms with van der Waals surface area (Å²) in [5, 5.41) is 6.37. The highest BCUT2D eigenvalue weighted by Crippen LogP contribution is 2.30. The summed E-state index contributed by atoms with van der Waals surface area (Å²) in [6.45, 7) is 4.40. The van der Waals surface area contributed by atoms with Crippen LogP contribution in [-0.4, -0.2) is 31.7 Å². The van der Waals surface area contributed by atoms with Crippen molar-refractivity contribution >= 4 is 11.6 Å². The predicted octanol–water partition coefficient (Wildman–Crippen LogP) is 3.34. The number of anilines is 1. The van der Waals surface area contributed by atoms with Gasteiger partial charge in [0.05, 0.1) is 13.7 Å². The normalized spacial score (nSPS) is 16.5. The Labute approximate surface area is 138 Å². The number of ether oxygens (including phenoxy) is 2. The minimum atomic E-state index is -0.292. The molecule has 1 aliphatic rings. The van der Waals surface area contributed by atoms with E-state index < -0.39 is 0 Å². The zero-order chi connectivity index (χ0) is 16.7. The summed E-state index contributed by atoms with van der Waals surface area (Å²) in [5.74, 6) is 1.42. The number of hydrogen-bond acceptors (Lipinski definition) is 4. The summed E-state index contributed by atoms with van der Waals surface area (Å²) in [4.78, 5) is 12.3. The van der Waals surface area contributed by atoms with E-state index in [1.165, 1.54) is 19.3 Å². The maximum Gasteiger partial charge on any atom is 0.242 e. The van der Waals surface area contributed by atoms with Gasteiger partial charge in [0, 0.05) is 17.8 Å². The van der Waals surface area contributed by atoms with Gasteiger partial charge in [0.1, 0.15) is 6.04 Å². The molecule has 2 N–H and O–H groups in total. The first kappa shape index (κ1) is 17.4. The highest BCUT2D eigenvalue weighted by molar-refractivity contribution is 5.84. The second-order valence-electron chi connectivity index (χ2n) is 6.01. The van der Waals surface area contributed by atoms with Crippen molar-refractivity contribution in [1.29, 1.82) is 0 Å². The van der Waals surface area contributed by atoms with Gasteiger partial charge in [-0.3, -0.25) is 4.79 Å². The van der Waals surface area contributed by atoms with Gasteiger partial charge in [-0.25, -0.2) is 0 Å². The van der Waals surface area contributed by atoms with Crippen LogP contribution in [0, 0.1) is 0 Å². The lowest BCUT2D eigenvalue weighted by Gasteiger charge is -2.25. The van der Waals surface area contributed by atoms with Crippen LogP contribution in [-0.2, 0) is 4.79 Å². The molecule has 5 heteroatoms. The van der Waals surface area contributed by atoms with Crippen molar-refractivity contribution in [3.63, 3.8) is 0 Å². The van der Waals surface area contributed by atoms with Gasteiger partial charge in [0.2, 0.25) is 5.91 Å². The van der Waals surface area contributed by atoms with E-state index in [2.05, 4.69) is 10.6 Å². The van der Waals surface area contributed by atoms with Crippen LogP contribution in [0.2, 0.25) is 0 Å². The molecule has 0 unspecified atom stereocenters. The minimum absolute atomic E-state index is 0.0461. The molecule has 128 valence electrons. The molecule has 0 saturated heterocycles. The molecular formula is C18H28N2O3. The third kappa shape index (κ3) is 5.05. The van der Waals surface area contributed by atoms with E-state index in [1.807, 2.05) is 32.0 Å². The molecule has 1 aromatic rings. The van der Waals surface area contributed by atoms with Gasteiger partial charge in [0.25, 0.3) is 0 Å². The molecule has 1 atom stereocenters. The number of methoxy groups -OCH3 is 1. The topological polar surface area (TPSA) is 59.6 Å². The summed E-state index contributed by atoms with van der Waals surface area (Å²) < 4.78 is 10.8. The largest absolute Gasteiger partial charge is 0.493 e. The van der Waals surface area contributed by atoms with Crippen molar-refractivity contribution in [3.8, 4) is 11.5 Å². The van der Waals surface area contributed by atoms with Gasteiger partial charge in [-0.1, -0.05) is 19.3 Å². The van der Waals surface area contributed by atoms with Crippen LogP contribution in [0.4, 0.5) is 5.69 Å². The summed E-state index contributed by atoms with van der Waals surface area (Å²) >= 11 is 0. The quantitative estimate of drug-likeness (QED) is 0.809. The van der Waals surface area contributed by atoms with E-state index in [-0.39, 0.29) is 11.9 Å². The SMILES string of the molecule is CCOc1ccc(N[C@H](C)C(=O)NC2CCCCC2)cc1OC. The zero-order valence-electron chi connectivity index (χ0n) is 14.4. The molecule has 0 radical (unpaired) electrons. The Morgan fingerprint density at radius 2 is 2.00 bits per heavy atom. The predicted molar refractivity (Wildman–Crippen MR) is 92.3 cm³/mol. The second-order valence-corrected chi connectivity index (χ2v) is 6.01. The third-order valence-corrected chi connectivity index (χ3v) is 4.19. The van der Waals surface area contributed by atoms with Crippen molar-refractivity contribution in [2.24, 2.45) is 0 Å². The summed E-state index contributed by atoms with van der Waals surface area (Å²) in [6.07, 6.45) is 5.89. The zero-order valence-corrected chi connectivity index (χ0v) is 14.4. The average Bonchev–Trinajstić information content (AvgIpc) is 2.57. The molecule has 1 aliphatic carbocycles. The molecule has 1 fully saturated rings. The molecule has 0 heterocycles. The maximum absolute atomic E-state index is 12.3. The fourth-order valence-corrected chi connectivity index (χ4v) is 2.92. The molecule has 0 aliphatic heterocycles. The lowest BCUT2D eigenvalue weighted by Crippen LogP contribution is -2.44. The van der Waals surface area contributed by atoms with Gasteiger partial charge >= 0.3 is 0 Å². The molecule has 0 spiro atoms. The van der Waals surface area contributed by atoms with Gasteiger partial charge in [0.15, 0.2) is 11.5 Å². The standard InChI is InChI=1S/C18H28N2O3/c1-4-23-16-11-10-15(12-17(16)22-3)19-13(2)18(21)20-14-8-6-5-7-9-14/h10-14,19H,4-9H2,1-3H3,(H,20,21)/t13-/m1/s1. The van der Waals surface area contributed by atoms with Gasteiger partial charge in [-0.15, -0.1) is 0 Å². The minimum Gasteiger partial charge on any atom is -0.493 e. The monoisotopic (exact) mass is 320 g/mol. The molecular weight excluding hydrogens is 292 g/mol. The van der Waals surface area contributed by atoms with E-state index in [1.54, 1.807) is 7.11 Å². The Balaban J connectivity index is 1.93. The Kier molecular flexibility index (Phi) is 6.56. The molecule has 5 nitrogen and oxygen atoms in total. The summed E-state index contributed by atoms with van der Waals surface area (Å²) in [5.41, 5.74) is 0.844. The molecule has 23 heavy (non-hydrogen) atoms. The number of carbonyl (C=O) groups is 1. The van der Waals surface area contributed by atoms with Crippen LogP contribution < -0.4 is 20.1 Å². The first-order valence-corrected chi connectivity index (χ1v) is 8.51. The number of nitrogens with one attached hydrogen (secondary N) is 2. The average molecular weight is 320 g/mol. The number of hydrogen-bond donors (Lipinski definition) is 2. The highest BCUT2D eigenvalue weighted by atomic mass is 16.5. The van der Waals surface area contributed by atoms with Gasteiger partial charge in [-0.05, 0) is 38.8 Å². The van der Waals surface area contributed by atoms with Crippen LogP contribution in [0.5, 0.6) is 11.5 Å². The number of carbonyl (C=O) groups excluding carboxylic acids is 1. The third-order valence-electron chi connectivity index (χ3n) is 4.19. The van der Waals surface area contributed by atoms with E-state index in [9.17, 15) is 4.79 Å². The Bertz CT molecular complexity index is 513. The molecule has 0 bridgehead atoms. The lowest BCUT2D eigenvalue weighted by atomic mass is 9.95. The first-order valence-electron chi connectivity index (χ1n) is 8.51. The number of rotatable bonds is 7. The molecule has 1 aromatic carbocycles. The summed E-state index contributed by atoms with van der Waals surface area (Å²) in [6, 6.07) is 5.65. The fraction of sp³-hybridized carbons (Fsp3) is 0.611. The summed E-state index contributed by atoms with van der Waals surface area (Å²) in [7, 11) is 1.61. The van der Waals surface area contributed by atoms with Crippen LogP contribution in [0.1, 0.15) is 46.0 Å². The first-order chi connectivity index (χ1) is 11.1. The highest BCUT2D eigenvalue weighted by Gasteiger charge is 2.19. The van der Waals surface area contributed by atoms with Crippen LogP contribution >= 0.6 is 0 Å². The number of amides is 1. The molecule has 1 amide bonds. The van der Waals surface area contributed by atoms with Crippen molar-refractivity contribution < 1.29 is 14.3 Å². The maximum atomic E-state index is 12.3. The molecule has 2 rings (SSSR count). The second kappa shape index (κ2) is 8.65. The van der Waals surface area contributed by atoms with Crippen molar-refractivity contribution in [1.82, 2.24) is 5.32 Å². The molecule has 1 saturated carbocycles. The van der Waals surface area contributed by atoms with Gasteiger partial charge in [-0.2, -0.15) is 0 Å². The Morgan fingerprint density at radius 3 is 2.65 bits per heavy atom. The van der Waals surface area contributed by atoms with Crippen molar-refractivity contribution in [2.45, 2.75) is 58.0 Å². The van der Waals surface area contributed by atoms with E-state index in [0.29, 0.717) is 24.1 Å². The number of benzene rings is 1. The Morgan fingerprint density at radius 1 is 1.26 bits per heavy atom. The van der Waals surface area contributed by atoms with Crippen LogP contribution in [0.25, 0.3) is 0 Å². The lowest BCUT2D eigenvalue weighted by molar-refractivity contribution is -0.122. The van der Waals surface area contributed by atoms with E-state index in [4.69, 9.17) is 9.47 Å². The Hall–Kier alpha value is -1.91. The fourth-order valence-electron chi connectivity index (χ4n) is 2.92. The van der Waals surface area contributed by atoms with E-state index in [0.717, 1.165) is 18.5 Å². The van der Waals surface area contributed by atoms with E-state index >= 15 is 0 Å².